The Morgan fingerprint density at radius 3 is 2.63 bits per heavy atom. The molecular formula is C18H26N6O3. The maximum atomic E-state index is 12.0. The fraction of sp³-hybridized carbons (Fsp3) is 0.556. The molecule has 1 fully saturated rings. The molecule has 0 aliphatic carbocycles. The Morgan fingerprint density at radius 1 is 1.26 bits per heavy atom. The molecule has 0 aromatic carbocycles. The van der Waals surface area contributed by atoms with E-state index in [2.05, 4.69) is 25.3 Å². The van der Waals surface area contributed by atoms with E-state index in [4.69, 9.17) is 9.47 Å². The van der Waals surface area contributed by atoms with Crippen LogP contribution in [0.25, 0.3) is 5.82 Å². The normalized spacial score (nSPS) is 16.1. The predicted molar refractivity (Wildman–Crippen MR) is 100.0 cm³/mol. The molecule has 0 radical (unpaired) electrons. The molecule has 2 aromatic rings. The maximum Gasteiger partial charge on any atom is 0.408 e. The number of anilines is 1. The van der Waals surface area contributed by atoms with E-state index >= 15 is 0 Å². The molecule has 1 aliphatic rings. The van der Waals surface area contributed by atoms with Crippen LogP contribution in [0.1, 0.15) is 39.6 Å². The van der Waals surface area contributed by atoms with Crippen molar-refractivity contribution in [3.63, 3.8) is 0 Å². The largest absolute Gasteiger partial charge is 0.444 e. The number of nitrogens with one attached hydrogen (secondary N) is 1. The monoisotopic (exact) mass is 374 g/mol. The SMILES string of the molecule is C[C@H](NC(=O)OC(C)(C)C)c1ncnn1-c1ccc(N2CCOCC2)cn1. The van der Waals surface area contributed by atoms with Gasteiger partial charge in [-0.25, -0.2) is 14.8 Å². The lowest BCUT2D eigenvalue weighted by Gasteiger charge is -2.28. The van der Waals surface area contributed by atoms with Crippen molar-refractivity contribution in [3.8, 4) is 5.82 Å². The highest BCUT2D eigenvalue weighted by Gasteiger charge is 2.22. The van der Waals surface area contributed by atoms with Gasteiger partial charge in [-0.05, 0) is 39.8 Å². The minimum absolute atomic E-state index is 0.386. The molecule has 27 heavy (non-hydrogen) atoms. The Balaban J connectivity index is 1.71. The van der Waals surface area contributed by atoms with Gasteiger partial charge in [0.15, 0.2) is 11.6 Å². The third-order valence-electron chi connectivity index (χ3n) is 4.02. The molecule has 3 heterocycles. The topological polar surface area (TPSA) is 94.4 Å². The highest BCUT2D eigenvalue weighted by Crippen LogP contribution is 2.18. The number of hydrogen-bond acceptors (Lipinski definition) is 7. The summed E-state index contributed by atoms with van der Waals surface area (Å²) in [4.78, 5) is 23.0. The Hall–Kier alpha value is -2.68. The van der Waals surface area contributed by atoms with Crippen LogP contribution in [0.4, 0.5) is 10.5 Å². The summed E-state index contributed by atoms with van der Waals surface area (Å²) in [6.07, 6.45) is 2.76. The summed E-state index contributed by atoms with van der Waals surface area (Å²) < 4.78 is 12.3. The maximum absolute atomic E-state index is 12.0. The summed E-state index contributed by atoms with van der Waals surface area (Å²) in [5, 5.41) is 7.03. The van der Waals surface area contributed by atoms with Crippen molar-refractivity contribution in [2.75, 3.05) is 31.2 Å². The molecule has 0 bridgehead atoms. The quantitative estimate of drug-likeness (QED) is 0.875. The van der Waals surface area contributed by atoms with Crippen LogP contribution >= 0.6 is 0 Å². The smallest absolute Gasteiger partial charge is 0.408 e. The first-order valence-electron chi connectivity index (χ1n) is 9.02. The van der Waals surface area contributed by atoms with Gasteiger partial charge in [-0.2, -0.15) is 9.78 Å². The average Bonchev–Trinajstić information content (AvgIpc) is 3.11. The van der Waals surface area contributed by atoms with Crippen LogP contribution in [0, 0.1) is 0 Å². The summed E-state index contributed by atoms with van der Waals surface area (Å²) in [7, 11) is 0. The standard InChI is InChI=1S/C18H26N6O3/c1-13(22-17(25)27-18(2,3)4)16-20-12-21-24(16)15-6-5-14(11-19-15)23-7-9-26-10-8-23/h5-6,11-13H,7-10H2,1-4H3,(H,22,25)/t13-/m0/s1. The fourth-order valence-electron chi connectivity index (χ4n) is 2.78. The van der Waals surface area contributed by atoms with Crippen LogP contribution < -0.4 is 10.2 Å². The number of alkyl carbamates (subject to hydrolysis) is 1. The van der Waals surface area contributed by atoms with E-state index in [1.54, 1.807) is 4.68 Å². The predicted octanol–water partition coefficient (Wildman–Crippen LogP) is 2.08. The number of pyridine rings is 1. The molecule has 0 spiro atoms. The van der Waals surface area contributed by atoms with Crippen LogP contribution in [0.2, 0.25) is 0 Å². The van der Waals surface area contributed by atoms with Crippen molar-refractivity contribution in [1.29, 1.82) is 0 Å². The Kier molecular flexibility index (Phi) is 5.59. The zero-order chi connectivity index (χ0) is 19.4. The summed E-state index contributed by atoms with van der Waals surface area (Å²) in [5.41, 5.74) is 0.484. The zero-order valence-corrected chi connectivity index (χ0v) is 16.2. The van der Waals surface area contributed by atoms with Crippen molar-refractivity contribution in [3.05, 3.63) is 30.5 Å². The minimum Gasteiger partial charge on any atom is -0.444 e. The highest BCUT2D eigenvalue weighted by molar-refractivity contribution is 5.68. The number of hydrogen-bond donors (Lipinski definition) is 1. The van der Waals surface area contributed by atoms with E-state index in [-0.39, 0.29) is 6.04 Å². The average molecular weight is 374 g/mol. The summed E-state index contributed by atoms with van der Waals surface area (Å²) in [5.74, 6) is 1.21. The molecule has 1 atom stereocenters. The van der Waals surface area contributed by atoms with Crippen LogP contribution in [-0.4, -0.2) is 57.7 Å². The van der Waals surface area contributed by atoms with Crippen molar-refractivity contribution >= 4 is 11.8 Å². The number of amides is 1. The van der Waals surface area contributed by atoms with E-state index in [1.165, 1.54) is 6.33 Å². The van der Waals surface area contributed by atoms with E-state index in [9.17, 15) is 4.79 Å². The minimum atomic E-state index is -0.561. The first-order valence-corrected chi connectivity index (χ1v) is 9.02. The number of carbonyl (C=O) groups excluding carboxylic acids is 1. The van der Waals surface area contributed by atoms with Crippen LogP contribution in [0.15, 0.2) is 24.7 Å². The summed E-state index contributed by atoms with van der Waals surface area (Å²) >= 11 is 0. The van der Waals surface area contributed by atoms with E-state index in [0.29, 0.717) is 11.6 Å². The Morgan fingerprint density at radius 2 is 2.00 bits per heavy atom. The molecule has 9 nitrogen and oxygen atoms in total. The zero-order valence-electron chi connectivity index (χ0n) is 16.2. The van der Waals surface area contributed by atoms with Crippen molar-refractivity contribution in [2.24, 2.45) is 0 Å². The Bertz CT molecular complexity index is 762. The molecule has 146 valence electrons. The van der Waals surface area contributed by atoms with Gasteiger partial charge in [-0.3, -0.25) is 0 Å². The van der Waals surface area contributed by atoms with Crippen molar-refractivity contribution in [2.45, 2.75) is 39.3 Å². The lowest BCUT2D eigenvalue weighted by Crippen LogP contribution is -2.36. The fourth-order valence-corrected chi connectivity index (χ4v) is 2.78. The molecule has 9 heteroatoms. The number of morpholine rings is 1. The molecular weight excluding hydrogens is 348 g/mol. The molecule has 2 aromatic heterocycles. The molecule has 0 saturated carbocycles. The van der Waals surface area contributed by atoms with Crippen LogP contribution in [-0.2, 0) is 9.47 Å². The lowest BCUT2D eigenvalue weighted by atomic mass is 10.2. The van der Waals surface area contributed by atoms with Gasteiger partial charge in [0.2, 0.25) is 0 Å². The van der Waals surface area contributed by atoms with Crippen LogP contribution in [0.5, 0.6) is 0 Å². The molecule has 1 N–H and O–H groups in total. The number of nitrogens with zero attached hydrogens (tertiary/aromatic N) is 5. The number of rotatable bonds is 4. The van der Waals surface area contributed by atoms with Gasteiger partial charge in [0.05, 0.1) is 31.1 Å². The summed E-state index contributed by atoms with van der Waals surface area (Å²) in [6, 6.07) is 3.51. The van der Waals surface area contributed by atoms with Crippen molar-refractivity contribution < 1.29 is 14.3 Å². The molecule has 1 amide bonds. The third kappa shape index (κ3) is 4.94. The summed E-state index contributed by atoms with van der Waals surface area (Å²) in [6.45, 7) is 10.4. The molecule has 3 rings (SSSR count). The number of ether oxygens (including phenoxy) is 2. The van der Waals surface area contributed by atoms with Crippen molar-refractivity contribution in [1.82, 2.24) is 25.1 Å². The van der Waals surface area contributed by atoms with Gasteiger partial charge < -0.3 is 19.7 Å². The second kappa shape index (κ2) is 7.91. The lowest BCUT2D eigenvalue weighted by molar-refractivity contribution is 0.0505. The Labute approximate surface area is 158 Å². The number of carbonyl (C=O) groups is 1. The third-order valence-corrected chi connectivity index (χ3v) is 4.02. The first-order chi connectivity index (χ1) is 12.8. The van der Waals surface area contributed by atoms with Crippen LogP contribution in [0.3, 0.4) is 0 Å². The molecule has 1 aliphatic heterocycles. The van der Waals surface area contributed by atoms with E-state index in [0.717, 1.165) is 32.0 Å². The van der Waals surface area contributed by atoms with Gasteiger partial charge in [-0.15, -0.1) is 0 Å². The van der Waals surface area contributed by atoms with E-state index < -0.39 is 11.7 Å². The van der Waals surface area contributed by atoms with Gasteiger partial charge >= 0.3 is 6.09 Å². The molecule has 0 unspecified atom stereocenters. The van der Waals surface area contributed by atoms with E-state index in [1.807, 2.05) is 46.0 Å². The highest BCUT2D eigenvalue weighted by atomic mass is 16.6. The second-order valence-corrected chi connectivity index (χ2v) is 7.37. The van der Waals surface area contributed by atoms with Gasteiger partial charge in [0.25, 0.3) is 0 Å². The van der Waals surface area contributed by atoms with Gasteiger partial charge in [0.1, 0.15) is 11.9 Å². The second-order valence-electron chi connectivity index (χ2n) is 7.37. The first kappa shape index (κ1) is 19.1. The number of aromatic nitrogens is 4. The van der Waals surface area contributed by atoms with Gasteiger partial charge in [0, 0.05) is 13.1 Å². The van der Waals surface area contributed by atoms with Gasteiger partial charge in [-0.1, -0.05) is 0 Å². The molecule has 1 saturated heterocycles.